The standard InChI is InChI=1S/C36H36N4O4.Zn/c1-9-23-19(3)27-15-28-21(5)25(11-13-35(41)43-7)33(39-28)18-34-26(12-14-36(42)44-8)22(6)30(40-34)17-32-24(10-2)20(4)29(38-32)16-31(23)37-27;/h9-10,15-18H,1-2,11-14H2,3-8H3;/q-4;/b27-15?,28-15-,29-16-,30-17?,31-16?,32-17-,33-18-,34-18?;. The summed E-state index contributed by atoms with van der Waals surface area (Å²) >= 11 is 0. The smallest absolute Gasteiger partial charge is 0.305 e. The molecule has 1 aliphatic heterocycles. The Morgan fingerprint density at radius 1 is 0.600 bits per heavy atom. The molecule has 45 heavy (non-hydrogen) atoms. The third-order valence-electron chi connectivity index (χ3n) is 8.50. The molecule has 0 N–H and O–H groups in total. The van der Waals surface area contributed by atoms with Crippen LogP contribution in [-0.2, 0) is 51.4 Å². The Balaban J connectivity index is 0.00000461. The van der Waals surface area contributed by atoms with Gasteiger partial charge in [-0.15, -0.1) is 44.2 Å². The molecule has 8 nitrogen and oxygen atoms in total. The second-order valence-corrected chi connectivity index (χ2v) is 11.0. The minimum absolute atomic E-state index is 0. The van der Waals surface area contributed by atoms with Gasteiger partial charge >= 0.3 is 11.9 Å². The van der Waals surface area contributed by atoms with Gasteiger partial charge in [0.25, 0.3) is 0 Å². The van der Waals surface area contributed by atoms with Crippen LogP contribution in [0.2, 0.25) is 0 Å². The summed E-state index contributed by atoms with van der Waals surface area (Å²) in [7, 11) is 2.78. The molecule has 0 amide bonds. The van der Waals surface area contributed by atoms with Crippen molar-refractivity contribution in [3.8, 4) is 0 Å². The maximum Gasteiger partial charge on any atom is 0.305 e. The van der Waals surface area contributed by atoms with Crippen LogP contribution in [0.5, 0.6) is 0 Å². The van der Waals surface area contributed by atoms with Crippen LogP contribution in [0, 0.1) is 27.7 Å². The maximum absolute atomic E-state index is 12.1. The van der Waals surface area contributed by atoms with E-state index in [9.17, 15) is 9.59 Å². The molecule has 4 aromatic rings. The molecule has 0 unspecified atom stereocenters. The average Bonchev–Trinajstić information content (AvgIpc) is 3.67. The van der Waals surface area contributed by atoms with E-state index in [2.05, 4.69) is 13.2 Å². The molecule has 1 aliphatic rings. The zero-order valence-electron chi connectivity index (χ0n) is 26.8. The molecule has 0 aromatic carbocycles. The van der Waals surface area contributed by atoms with Gasteiger partial charge in [-0.05, 0) is 51.7 Å². The fraction of sp³-hybridized carbons (Fsp3) is 0.278. The number of carbonyl (C=O) groups is 2. The predicted octanol–water partition coefficient (Wildman–Crippen LogP) is 1.87. The van der Waals surface area contributed by atoms with E-state index in [1.165, 1.54) is 14.2 Å². The summed E-state index contributed by atoms with van der Waals surface area (Å²) in [6.07, 6.45) is 12.8. The Kier molecular flexibility index (Phi) is 10.2. The molecule has 0 fully saturated rings. The number of esters is 2. The SMILES string of the molecule is C=Cc1c2[n-]c(c1C)/C=c1\[n-]/c(c(CCC(=O)OC)c1C)=C\c1[n-]c(c(C)c1CCC(=O)OC)/C=c1\[n-]/c(c(C)c1C=C)=C\2.[Zn]. The molecular weight excluding hydrogens is 618 g/mol. The van der Waals surface area contributed by atoms with E-state index in [0.29, 0.717) is 23.9 Å². The van der Waals surface area contributed by atoms with E-state index in [1.807, 2.05) is 64.2 Å². The molecule has 4 aromatic heterocycles. The second kappa shape index (κ2) is 13.7. The van der Waals surface area contributed by atoms with Gasteiger partial charge in [-0.25, -0.2) is 0 Å². The zero-order valence-corrected chi connectivity index (χ0v) is 29.8. The number of hydrogen-bond donors (Lipinski definition) is 0. The molecule has 0 aliphatic carbocycles. The minimum Gasteiger partial charge on any atom is -0.657 e. The summed E-state index contributed by atoms with van der Waals surface area (Å²) in [4.78, 5) is 44.3. The van der Waals surface area contributed by atoms with E-state index in [4.69, 9.17) is 29.4 Å². The van der Waals surface area contributed by atoms with Crippen LogP contribution in [0.25, 0.3) is 36.5 Å². The van der Waals surface area contributed by atoms with Crippen molar-refractivity contribution in [2.24, 2.45) is 0 Å². The monoisotopic (exact) mass is 652 g/mol. The Morgan fingerprint density at radius 3 is 1.71 bits per heavy atom. The van der Waals surface area contributed by atoms with Gasteiger partial charge in [-0.2, -0.15) is 0 Å². The van der Waals surface area contributed by atoms with Crippen LogP contribution in [-0.4, -0.2) is 26.2 Å². The number of hydrogen-bond acceptors (Lipinski definition) is 4. The fourth-order valence-corrected chi connectivity index (χ4v) is 5.81. The Labute approximate surface area is 275 Å². The number of carbonyl (C=O) groups excluding carboxylic acids is 2. The van der Waals surface area contributed by atoms with E-state index in [-0.39, 0.29) is 44.3 Å². The number of rotatable bonds is 8. The minimum atomic E-state index is -0.295. The molecule has 0 atom stereocenters. The summed E-state index contributed by atoms with van der Waals surface area (Å²) in [5, 5.41) is 3.02. The van der Waals surface area contributed by atoms with Gasteiger partial charge in [-0.3, -0.25) is 9.59 Å². The van der Waals surface area contributed by atoms with E-state index in [0.717, 1.165) is 77.6 Å². The first kappa shape index (κ1) is 33.5. The molecule has 5 rings (SSSR count). The first-order valence-electron chi connectivity index (χ1n) is 14.5. The number of methoxy groups -OCH3 is 2. The van der Waals surface area contributed by atoms with Crippen LogP contribution in [0.3, 0.4) is 0 Å². The van der Waals surface area contributed by atoms with Gasteiger partial charge < -0.3 is 29.4 Å². The molecule has 8 bridgehead atoms. The summed E-state index contributed by atoms with van der Waals surface area (Å²) in [5.74, 6) is -0.589. The molecule has 0 radical (unpaired) electrons. The van der Waals surface area contributed by atoms with E-state index in [1.54, 1.807) is 0 Å². The molecule has 230 valence electrons. The quantitative estimate of drug-likeness (QED) is 0.185. The van der Waals surface area contributed by atoms with Crippen molar-refractivity contribution < 1.29 is 38.5 Å². The van der Waals surface area contributed by atoms with Crippen molar-refractivity contribution in [2.75, 3.05) is 14.2 Å². The van der Waals surface area contributed by atoms with E-state index >= 15 is 0 Å². The van der Waals surface area contributed by atoms with Gasteiger partial charge in [0.1, 0.15) is 0 Å². The maximum atomic E-state index is 12.1. The van der Waals surface area contributed by atoms with Crippen LogP contribution in [0.1, 0.15) is 80.1 Å². The van der Waals surface area contributed by atoms with Crippen LogP contribution < -0.4 is 41.3 Å². The van der Waals surface area contributed by atoms with Crippen molar-refractivity contribution in [3.63, 3.8) is 0 Å². The zero-order chi connectivity index (χ0) is 31.7. The normalized spacial score (nSPS) is 14.7. The Morgan fingerprint density at radius 2 is 1.09 bits per heavy atom. The van der Waals surface area contributed by atoms with Crippen molar-refractivity contribution in [3.05, 3.63) is 102 Å². The molecular formula is C36H36N4O4Zn-4. The summed E-state index contributed by atoms with van der Waals surface area (Å²) in [5.41, 5.74) is 10.6. The molecule has 0 saturated heterocycles. The van der Waals surface area contributed by atoms with Crippen LogP contribution in [0.4, 0.5) is 0 Å². The van der Waals surface area contributed by atoms with Crippen molar-refractivity contribution in [1.82, 2.24) is 19.9 Å². The first-order chi connectivity index (χ1) is 21.1. The van der Waals surface area contributed by atoms with Gasteiger partial charge in [0, 0.05) is 32.3 Å². The number of aromatic nitrogens is 4. The topological polar surface area (TPSA) is 109 Å². The number of fused-ring (bicyclic) bond motifs is 8. The molecule has 0 saturated carbocycles. The molecule has 5 heterocycles. The third kappa shape index (κ3) is 6.41. The van der Waals surface area contributed by atoms with Crippen molar-refractivity contribution >= 4 is 48.4 Å². The van der Waals surface area contributed by atoms with Crippen LogP contribution >= 0.6 is 0 Å². The first-order valence-corrected chi connectivity index (χ1v) is 14.5. The van der Waals surface area contributed by atoms with Crippen molar-refractivity contribution in [2.45, 2.75) is 53.4 Å². The van der Waals surface area contributed by atoms with Gasteiger partial charge in [0.15, 0.2) is 0 Å². The summed E-state index contributed by atoms with van der Waals surface area (Å²) in [6, 6.07) is 0. The molecule has 0 spiro atoms. The van der Waals surface area contributed by atoms with Gasteiger partial charge in [0.05, 0.1) is 14.2 Å². The molecule has 9 heteroatoms. The second-order valence-electron chi connectivity index (χ2n) is 11.0. The largest absolute Gasteiger partial charge is 0.657 e. The van der Waals surface area contributed by atoms with Gasteiger partial charge in [-0.1, -0.05) is 83.0 Å². The summed E-state index contributed by atoms with van der Waals surface area (Å²) < 4.78 is 9.86. The predicted molar refractivity (Wildman–Crippen MR) is 172 cm³/mol. The van der Waals surface area contributed by atoms with Gasteiger partial charge in [0.2, 0.25) is 0 Å². The Bertz CT molecular complexity index is 2070. The van der Waals surface area contributed by atoms with Crippen LogP contribution in [0.15, 0.2) is 13.2 Å². The summed E-state index contributed by atoms with van der Waals surface area (Å²) in [6.45, 7) is 16.2. The number of nitrogens with zero attached hydrogens (tertiary/aromatic N) is 4. The van der Waals surface area contributed by atoms with E-state index < -0.39 is 0 Å². The average molecular weight is 654 g/mol. The Hall–Kier alpha value is -4.36. The fourth-order valence-electron chi connectivity index (χ4n) is 5.81. The van der Waals surface area contributed by atoms with Crippen molar-refractivity contribution in [1.29, 1.82) is 0 Å². The number of ether oxygens (including phenoxy) is 2. The third-order valence-corrected chi connectivity index (χ3v) is 8.50.